The highest BCUT2D eigenvalue weighted by molar-refractivity contribution is 8.00. The Morgan fingerprint density at radius 3 is 1.92 bits per heavy atom. The number of hydrogen-bond acceptors (Lipinski definition) is 7. The molecule has 0 radical (unpaired) electrons. The number of amides is 3. The molecule has 1 atom stereocenters. The quantitative estimate of drug-likeness (QED) is 0.0852. The maximum Gasteiger partial charge on any atom is 0.272 e. The predicted octanol–water partition coefficient (Wildman–Crippen LogP) is 7.90. The summed E-state index contributed by atoms with van der Waals surface area (Å²) in [5.74, 6) is -0.0496. The first-order valence-electron chi connectivity index (χ1n) is 15.7. The van der Waals surface area contributed by atoms with Gasteiger partial charge in [-0.1, -0.05) is 66.7 Å². The third-order valence-corrected chi connectivity index (χ3v) is 8.75. The molecular weight excluding hydrogens is 651 g/mol. The summed E-state index contributed by atoms with van der Waals surface area (Å²) in [6.07, 6.45) is 1.53. The Morgan fingerprint density at radius 2 is 1.30 bits per heavy atom. The SMILES string of the molecule is COc1cc(/C=C(/NC(=O)c2ccccc2)C(=O)Nc2cccc(SC(C(=O)Nc3cccc(C)c3)c3ccccc3)c2)cc(OC)c1OC. The van der Waals surface area contributed by atoms with Crippen LogP contribution in [0.1, 0.15) is 32.3 Å². The Balaban J connectivity index is 1.43. The molecule has 5 aromatic rings. The lowest BCUT2D eigenvalue weighted by Crippen LogP contribution is -2.30. The van der Waals surface area contributed by atoms with Gasteiger partial charge in [-0.05, 0) is 84.3 Å². The van der Waals surface area contributed by atoms with E-state index in [4.69, 9.17) is 14.2 Å². The number of aryl methyl sites for hydroxylation is 1. The van der Waals surface area contributed by atoms with Crippen molar-refractivity contribution in [3.05, 3.63) is 149 Å². The molecule has 254 valence electrons. The topological polar surface area (TPSA) is 115 Å². The highest BCUT2D eigenvalue weighted by Crippen LogP contribution is 2.39. The third-order valence-electron chi connectivity index (χ3n) is 7.50. The molecule has 0 aromatic heterocycles. The number of thioether (sulfide) groups is 1. The summed E-state index contributed by atoms with van der Waals surface area (Å²) in [6, 6.07) is 36.3. The number of carbonyl (C=O) groups is 3. The van der Waals surface area contributed by atoms with E-state index >= 15 is 0 Å². The first kappa shape index (κ1) is 35.3. The Labute approximate surface area is 295 Å². The molecular formula is C40H37N3O6S. The summed E-state index contributed by atoms with van der Waals surface area (Å²) < 4.78 is 16.4. The van der Waals surface area contributed by atoms with Crippen molar-refractivity contribution in [3.63, 3.8) is 0 Å². The van der Waals surface area contributed by atoms with Crippen molar-refractivity contribution in [2.75, 3.05) is 32.0 Å². The molecule has 5 aromatic carbocycles. The number of ether oxygens (including phenoxy) is 3. The lowest BCUT2D eigenvalue weighted by Gasteiger charge is -2.18. The number of benzene rings is 5. The molecule has 0 saturated carbocycles. The van der Waals surface area contributed by atoms with Crippen LogP contribution in [0.15, 0.2) is 132 Å². The first-order valence-corrected chi connectivity index (χ1v) is 16.5. The lowest BCUT2D eigenvalue weighted by atomic mass is 10.1. The van der Waals surface area contributed by atoms with Crippen LogP contribution in [0.3, 0.4) is 0 Å². The fraction of sp³-hybridized carbons (Fsp3) is 0.125. The minimum atomic E-state index is -0.580. The monoisotopic (exact) mass is 687 g/mol. The second kappa shape index (κ2) is 16.9. The van der Waals surface area contributed by atoms with E-state index in [0.717, 1.165) is 16.0 Å². The zero-order chi connectivity index (χ0) is 35.5. The van der Waals surface area contributed by atoms with Gasteiger partial charge in [0.15, 0.2) is 11.5 Å². The van der Waals surface area contributed by atoms with Gasteiger partial charge in [-0.3, -0.25) is 14.4 Å². The zero-order valence-corrected chi connectivity index (χ0v) is 28.9. The average molecular weight is 688 g/mol. The number of nitrogens with one attached hydrogen (secondary N) is 3. The average Bonchev–Trinajstić information content (AvgIpc) is 3.13. The van der Waals surface area contributed by atoms with Gasteiger partial charge >= 0.3 is 0 Å². The smallest absolute Gasteiger partial charge is 0.272 e. The zero-order valence-electron chi connectivity index (χ0n) is 28.1. The van der Waals surface area contributed by atoms with Gasteiger partial charge in [0, 0.05) is 21.8 Å². The molecule has 1 unspecified atom stereocenters. The summed E-state index contributed by atoms with van der Waals surface area (Å²) in [5.41, 5.74) is 3.92. The lowest BCUT2D eigenvalue weighted by molar-refractivity contribution is -0.116. The van der Waals surface area contributed by atoms with E-state index in [1.807, 2.05) is 67.6 Å². The van der Waals surface area contributed by atoms with E-state index in [0.29, 0.717) is 39.8 Å². The molecule has 3 amide bonds. The van der Waals surface area contributed by atoms with Crippen molar-refractivity contribution < 1.29 is 28.6 Å². The number of methoxy groups -OCH3 is 3. The van der Waals surface area contributed by atoms with E-state index in [-0.39, 0.29) is 11.6 Å². The molecule has 0 aliphatic carbocycles. The summed E-state index contributed by atoms with van der Waals surface area (Å²) >= 11 is 1.36. The van der Waals surface area contributed by atoms with E-state index in [2.05, 4.69) is 16.0 Å². The molecule has 0 aliphatic rings. The highest BCUT2D eigenvalue weighted by Gasteiger charge is 2.23. The van der Waals surface area contributed by atoms with Crippen LogP contribution in [-0.2, 0) is 9.59 Å². The van der Waals surface area contributed by atoms with Crippen LogP contribution < -0.4 is 30.2 Å². The van der Waals surface area contributed by atoms with Gasteiger partial charge in [0.25, 0.3) is 11.8 Å². The van der Waals surface area contributed by atoms with Crippen molar-refractivity contribution in [2.45, 2.75) is 17.1 Å². The number of carbonyl (C=O) groups excluding carboxylic acids is 3. The first-order chi connectivity index (χ1) is 24.3. The second-order valence-electron chi connectivity index (χ2n) is 11.1. The fourth-order valence-electron chi connectivity index (χ4n) is 5.11. The Bertz CT molecular complexity index is 1970. The fourth-order valence-corrected chi connectivity index (χ4v) is 6.19. The Kier molecular flexibility index (Phi) is 11.9. The van der Waals surface area contributed by atoms with Crippen molar-refractivity contribution in [2.24, 2.45) is 0 Å². The summed E-state index contributed by atoms with van der Waals surface area (Å²) in [6.45, 7) is 1.97. The Morgan fingerprint density at radius 1 is 0.680 bits per heavy atom. The Hall–Kier alpha value is -6.00. The van der Waals surface area contributed by atoms with Crippen molar-refractivity contribution in [3.8, 4) is 17.2 Å². The van der Waals surface area contributed by atoms with Crippen LogP contribution >= 0.6 is 11.8 Å². The molecule has 0 bridgehead atoms. The van der Waals surface area contributed by atoms with Crippen molar-refractivity contribution in [1.29, 1.82) is 0 Å². The number of anilines is 2. The molecule has 0 spiro atoms. The van der Waals surface area contributed by atoms with Crippen LogP contribution in [0.2, 0.25) is 0 Å². The predicted molar refractivity (Wildman–Crippen MR) is 198 cm³/mol. The molecule has 3 N–H and O–H groups in total. The van der Waals surface area contributed by atoms with Gasteiger partial charge < -0.3 is 30.2 Å². The highest BCUT2D eigenvalue weighted by atomic mass is 32.2. The molecule has 9 nitrogen and oxygen atoms in total. The molecule has 0 aliphatic heterocycles. The van der Waals surface area contributed by atoms with Crippen LogP contribution in [-0.4, -0.2) is 39.1 Å². The second-order valence-corrected chi connectivity index (χ2v) is 12.3. The van der Waals surface area contributed by atoms with Gasteiger partial charge in [-0.25, -0.2) is 0 Å². The van der Waals surface area contributed by atoms with E-state index in [1.165, 1.54) is 39.2 Å². The van der Waals surface area contributed by atoms with Crippen LogP contribution in [0, 0.1) is 6.92 Å². The van der Waals surface area contributed by atoms with Crippen LogP contribution in [0.25, 0.3) is 6.08 Å². The van der Waals surface area contributed by atoms with Crippen LogP contribution in [0.4, 0.5) is 11.4 Å². The largest absolute Gasteiger partial charge is 0.493 e. The van der Waals surface area contributed by atoms with E-state index in [9.17, 15) is 14.4 Å². The summed E-state index contributed by atoms with van der Waals surface area (Å²) in [5, 5.41) is 8.12. The minimum Gasteiger partial charge on any atom is -0.493 e. The van der Waals surface area contributed by atoms with E-state index in [1.54, 1.807) is 60.7 Å². The standard InChI is InChI=1S/C40H37N3O6S/c1-26-13-11-18-30(21-26)42-40(46)37(28-14-7-5-8-15-28)50-32-20-12-19-31(25-32)41-39(45)33(43-38(44)29-16-9-6-10-17-29)22-27-23-34(47-2)36(49-4)35(24-27)48-3/h5-25,37H,1-4H3,(H,41,45)(H,42,46)(H,43,44)/b33-22+. The van der Waals surface area contributed by atoms with Crippen molar-refractivity contribution >= 4 is 46.9 Å². The number of hydrogen-bond donors (Lipinski definition) is 3. The minimum absolute atomic E-state index is 0.0223. The molecule has 50 heavy (non-hydrogen) atoms. The molecule has 10 heteroatoms. The summed E-state index contributed by atoms with van der Waals surface area (Å²) in [4.78, 5) is 41.5. The number of rotatable bonds is 13. The van der Waals surface area contributed by atoms with Gasteiger partial charge in [0.05, 0.1) is 21.3 Å². The van der Waals surface area contributed by atoms with E-state index < -0.39 is 17.1 Å². The maximum absolute atomic E-state index is 13.9. The molecule has 5 rings (SSSR count). The van der Waals surface area contributed by atoms with Gasteiger partial charge in [0.1, 0.15) is 10.9 Å². The summed E-state index contributed by atoms with van der Waals surface area (Å²) in [7, 11) is 4.49. The maximum atomic E-state index is 13.9. The van der Waals surface area contributed by atoms with Gasteiger partial charge in [-0.2, -0.15) is 0 Å². The van der Waals surface area contributed by atoms with Crippen molar-refractivity contribution in [1.82, 2.24) is 5.32 Å². The normalized spacial score (nSPS) is 11.6. The third kappa shape index (κ3) is 9.12. The molecule has 0 heterocycles. The van der Waals surface area contributed by atoms with Crippen LogP contribution in [0.5, 0.6) is 17.2 Å². The van der Waals surface area contributed by atoms with Gasteiger partial charge in [0.2, 0.25) is 11.7 Å². The van der Waals surface area contributed by atoms with Gasteiger partial charge in [-0.15, -0.1) is 11.8 Å². The molecule has 0 fully saturated rings. The molecule has 0 saturated heterocycles.